The first kappa shape index (κ1) is 11.2. The summed E-state index contributed by atoms with van der Waals surface area (Å²) in [6.45, 7) is 2.27. The highest BCUT2D eigenvalue weighted by atomic mass is 32.2. The molecule has 3 rings (SSSR count). The topological polar surface area (TPSA) is 3.01 Å². The zero-order chi connectivity index (χ0) is 11.0. The zero-order valence-electron chi connectivity index (χ0n) is 9.89. The van der Waals surface area contributed by atoms with E-state index in [-0.39, 0.29) is 0 Å². The minimum absolute atomic E-state index is 0.715. The summed E-state index contributed by atoms with van der Waals surface area (Å²) in [6.07, 6.45) is 13.4. The Kier molecular flexibility index (Phi) is 3.34. The quantitative estimate of drug-likeness (QED) is 0.540. The second-order valence-electron chi connectivity index (χ2n) is 4.96. The highest BCUT2D eigenvalue weighted by Gasteiger charge is 2.42. The van der Waals surface area contributed by atoms with Gasteiger partial charge in [0.1, 0.15) is 4.58 Å². The van der Waals surface area contributed by atoms with Crippen LogP contribution in [-0.4, -0.2) is 20.8 Å². The van der Waals surface area contributed by atoms with Crippen molar-refractivity contribution < 1.29 is 3.98 Å². The van der Waals surface area contributed by atoms with Gasteiger partial charge < -0.3 is 0 Å². The second-order valence-corrected chi connectivity index (χ2v) is 7.66. The number of thioether (sulfide) groups is 1. The van der Waals surface area contributed by atoms with Gasteiger partial charge in [-0.05, 0) is 24.2 Å². The SMILES string of the molecule is CCC1=CC2C=[N+](C3CCCCC3)SC2S1. The molecule has 16 heavy (non-hydrogen) atoms. The lowest BCUT2D eigenvalue weighted by Gasteiger charge is -2.17. The summed E-state index contributed by atoms with van der Waals surface area (Å²) >= 11 is 4.20. The third kappa shape index (κ3) is 2.08. The summed E-state index contributed by atoms with van der Waals surface area (Å²) in [7, 11) is 0. The van der Waals surface area contributed by atoms with Gasteiger partial charge in [0, 0.05) is 12.8 Å². The van der Waals surface area contributed by atoms with Gasteiger partial charge in [-0.1, -0.05) is 19.4 Å². The molecule has 0 aromatic carbocycles. The summed E-state index contributed by atoms with van der Waals surface area (Å²) in [6, 6.07) is 0.837. The van der Waals surface area contributed by atoms with E-state index in [1.54, 1.807) is 4.91 Å². The Morgan fingerprint density at radius 1 is 1.31 bits per heavy atom. The molecule has 0 radical (unpaired) electrons. The van der Waals surface area contributed by atoms with Gasteiger partial charge in [0.25, 0.3) is 0 Å². The van der Waals surface area contributed by atoms with Crippen LogP contribution in [0.15, 0.2) is 11.0 Å². The standard InChI is InChI=1S/C13H20NS2/c1-2-12-8-10-9-14(16-13(10)15-12)11-6-4-3-5-7-11/h8-11,13H,2-7H2,1H3/q+1. The maximum absolute atomic E-state index is 2.59. The van der Waals surface area contributed by atoms with Gasteiger partial charge in [-0.3, -0.25) is 0 Å². The van der Waals surface area contributed by atoms with Crippen molar-refractivity contribution in [3.8, 4) is 0 Å². The van der Waals surface area contributed by atoms with Crippen molar-refractivity contribution in [2.24, 2.45) is 5.92 Å². The van der Waals surface area contributed by atoms with E-state index in [1.807, 2.05) is 0 Å². The minimum atomic E-state index is 0.715. The van der Waals surface area contributed by atoms with E-state index in [2.05, 4.69) is 46.9 Å². The Bertz CT molecular complexity index is 329. The van der Waals surface area contributed by atoms with Crippen LogP contribution in [-0.2, 0) is 0 Å². The van der Waals surface area contributed by atoms with Crippen LogP contribution in [0.25, 0.3) is 0 Å². The first-order chi connectivity index (χ1) is 7.86. The monoisotopic (exact) mass is 254 g/mol. The Hall–Kier alpha value is 0.110. The van der Waals surface area contributed by atoms with Gasteiger partial charge in [0.15, 0.2) is 24.2 Å². The Morgan fingerprint density at radius 2 is 2.12 bits per heavy atom. The first-order valence-electron chi connectivity index (χ1n) is 6.54. The average molecular weight is 254 g/mol. The maximum atomic E-state index is 2.59. The third-order valence-electron chi connectivity index (χ3n) is 3.79. The van der Waals surface area contributed by atoms with Crippen LogP contribution < -0.4 is 0 Å². The molecule has 0 amide bonds. The Morgan fingerprint density at radius 3 is 2.81 bits per heavy atom. The maximum Gasteiger partial charge on any atom is 0.174 e. The minimum Gasteiger partial charge on any atom is -0.165 e. The molecule has 0 bridgehead atoms. The normalized spacial score (nSPS) is 34.8. The fourth-order valence-corrected chi connectivity index (χ4v) is 5.81. The van der Waals surface area contributed by atoms with Crippen molar-refractivity contribution in [1.29, 1.82) is 0 Å². The van der Waals surface area contributed by atoms with Crippen LogP contribution in [0.2, 0.25) is 0 Å². The van der Waals surface area contributed by atoms with Crippen LogP contribution in [0, 0.1) is 5.92 Å². The largest absolute Gasteiger partial charge is 0.174 e. The van der Waals surface area contributed by atoms with Crippen LogP contribution in [0.3, 0.4) is 0 Å². The number of rotatable bonds is 2. The van der Waals surface area contributed by atoms with Gasteiger partial charge in [-0.15, -0.1) is 11.8 Å². The summed E-state index contributed by atoms with van der Waals surface area (Å²) in [5.74, 6) is 0.715. The molecule has 2 unspecified atom stereocenters. The number of nitrogens with zero attached hydrogens (tertiary/aromatic N) is 1. The molecule has 88 valence electrons. The molecule has 3 heteroatoms. The number of hydrogen-bond donors (Lipinski definition) is 0. The van der Waals surface area contributed by atoms with E-state index in [0.717, 1.165) is 10.6 Å². The predicted octanol–water partition coefficient (Wildman–Crippen LogP) is 4.05. The van der Waals surface area contributed by atoms with E-state index < -0.39 is 0 Å². The fourth-order valence-electron chi connectivity index (χ4n) is 2.83. The van der Waals surface area contributed by atoms with Crippen molar-refractivity contribution in [3.63, 3.8) is 0 Å². The van der Waals surface area contributed by atoms with Crippen molar-refractivity contribution >= 4 is 29.9 Å². The van der Waals surface area contributed by atoms with Gasteiger partial charge in [0.2, 0.25) is 0 Å². The smallest absolute Gasteiger partial charge is 0.165 e. The predicted molar refractivity (Wildman–Crippen MR) is 74.0 cm³/mol. The molecule has 0 aromatic rings. The van der Waals surface area contributed by atoms with E-state index in [0.29, 0.717) is 5.92 Å². The lowest BCUT2D eigenvalue weighted by Crippen LogP contribution is -2.23. The van der Waals surface area contributed by atoms with Crippen LogP contribution >= 0.6 is 23.7 Å². The van der Waals surface area contributed by atoms with Crippen molar-refractivity contribution in [2.75, 3.05) is 0 Å². The summed E-state index contributed by atoms with van der Waals surface area (Å²) in [5, 5.41) is 0. The summed E-state index contributed by atoms with van der Waals surface area (Å²) in [4.78, 5) is 1.60. The number of fused-ring (bicyclic) bond motifs is 1. The van der Waals surface area contributed by atoms with E-state index in [9.17, 15) is 0 Å². The molecule has 1 aliphatic carbocycles. The van der Waals surface area contributed by atoms with Crippen LogP contribution in [0.1, 0.15) is 45.4 Å². The Labute approximate surface area is 107 Å². The number of allylic oxidation sites excluding steroid dienone is 2. The molecule has 1 nitrogen and oxygen atoms in total. The summed E-state index contributed by atoms with van der Waals surface area (Å²) in [5.41, 5.74) is 0. The highest BCUT2D eigenvalue weighted by Crippen LogP contribution is 2.47. The molecule has 2 atom stereocenters. The second kappa shape index (κ2) is 4.77. The van der Waals surface area contributed by atoms with Crippen molar-refractivity contribution in [3.05, 3.63) is 11.0 Å². The van der Waals surface area contributed by atoms with Crippen LogP contribution in [0.5, 0.6) is 0 Å². The molecule has 2 aliphatic heterocycles. The molecule has 0 N–H and O–H groups in total. The van der Waals surface area contributed by atoms with E-state index >= 15 is 0 Å². The average Bonchev–Trinajstić information content (AvgIpc) is 2.87. The molecule has 2 heterocycles. The molecule has 0 saturated heterocycles. The number of hydrogen-bond acceptors (Lipinski definition) is 2. The molecule has 0 aromatic heterocycles. The van der Waals surface area contributed by atoms with Crippen molar-refractivity contribution in [1.82, 2.24) is 0 Å². The van der Waals surface area contributed by atoms with E-state index in [1.165, 1.54) is 38.5 Å². The molecular weight excluding hydrogens is 234 g/mol. The first-order valence-corrected chi connectivity index (χ1v) is 8.26. The fraction of sp³-hybridized carbons (Fsp3) is 0.769. The third-order valence-corrected chi connectivity index (χ3v) is 6.79. The molecule has 3 aliphatic rings. The summed E-state index contributed by atoms with van der Waals surface area (Å²) < 4.78 is 3.35. The Balaban J connectivity index is 1.69. The van der Waals surface area contributed by atoms with Gasteiger partial charge in [-0.25, -0.2) is 0 Å². The zero-order valence-corrected chi connectivity index (χ0v) is 11.5. The van der Waals surface area contributed by atoms with E-state index in [4.69, 9.17) is 0 Å². The van der Waals surface area contributed by atoms with Crippen molar-refractivity contribution in [2.45, 2.75) is 56.1 Å². The van der Waals surface area contributed by atoms with Gasteiger partial charge >= 0.3 is 0 Å². The lowest BCUT2D eigenvalue weighted by molar-refractivity contribution is -0.398. The molecule has 0 spiro atoms. The van der Waals surface area contributed by atoms with Gasteiger partial charge in [-0.2, -0.15) is 3.98 Å². The van der Waals surface area contributed by atoms with Gasteiger partial charge in [0.05, 0.1) is 5.92 Å². The molecule has 1 saturated carbocycles. The van der Waals surface area contributed by atoms with Crippen LogP contribution in [0.4, 0.5) is 0 Å². The molecule has 1 fully saturated rings. The highest BCUT2D eigenvalue weighted by molar-refractivity contribution is 8.17. The molecular formula is C13H20NS2+. The lowest BCUT2D eigenvalue weighted by atomic mass is 9.96.